The number of fused-ring (bicyclic) bond motifs is 1. The molecule has 2 atom stereocenters. The minimum absolute atomic E-state index is 0. The number of carbonyl (C=O) groups excluding carboxylic acids is 1. The van der Waals surface area contributed by atoms with Gasteiger partial charge >= 0.3 is 0 Å². The third kappa shape index (κ3) is 3.10. The molecule has 1 heterocycles. The summed E-state index contributed by atoms with van der Waals surface area (Å²) in [5.74, 6) is 0.175. The Hall–Kier alpha value is -1.06. The second-order valence-electron chi connectivity index (χ2n) is 5.30. The van der Waals surface area contributed by atoms with E-state index in [0.29, 0.717) is 0 Å². The van der Waals surface area contributed by atoms with Gasteiger partial charge in [0.2, 0.25) is 5.91 Å². The maximum absolute atomic E-state index is 12.1. The first-order chi connectivity index (χ1) is 8.84. The number of amides is 1. The number of aryl methyl sites for hydroxylation is 1. The number of hydrogen-bond acceptors (Lipinski definition) is 2. The maximum Gasteiger partial charge on any atom is 0.237 e. The largest absolute Gasteiger partial charge is 0.348 e. The van der Waals surface area contributed by atoms with Crippen LogP contribution in [0.5, 0.6) is 0 Å². The van der Waals surface area contributed by atoms with Crippen molar-refractivity contribution in [2.75, 3.05) is 6.54 Å². The van der Waals surface area contributed by atoms with Gasteiger partial charge in [0.05, 0.1) is 12.1 Å². The molecule has 3 nitrogen and oxygen atoms in total. The van der Waals surface area contributed by atoms with E-state index in [1.165, 1.54) is 17.5 Å². The van der Waals surface area contributed by atoms with Crippen LogP contribution in [0.2, 0.25) is 0 Å². The third-order valence-corrected chi connectivity index (χ3v) is 4.06. The van der Waals surface area contributed by atoms with Crippen LogP contribution in [-0.2, 0) is 11.2 Å². The Bertz CT molecular complexity index is 444. The summed E-state index contributed by atoms with van der Waals surface area (Å²) in [6.45, 7) is 0.972. The van der Waals surface area contributed by atoms with Gasteiger partial charge in [-0.3, -0.25) is 4.79 Å². The van der Waals surface area contributed by atoms with Crippen LogP contribution in [0.3, 0.4) is 0 Å². The average Bonchev–Trinajstić information content (AvgIpc) is 2.93. The van der Waals surface area contributed by atoms with Gasteiger partial charge in [0.25, 0.3) is 0 Å². The standard InChI is InChI=1S/C15H20N2O.ClH/c18-15(14-9-4-10-16-14)17-13-8-3-6-11-5-1-2-7-12(11)13;/h1-2,5,7,13-14,16H,3-4,6,8-10H2,(H,17,18);1H. The van der Waals surface area contributed by atoms with Gasteiger partial charge in [-0.05, 0) is 49.8 Å². The molecule has 1 aliphatic carbocycles. The van der Waals surface area contributed by atoms with Gasteiger partial charge in [0.15, 0.2) is 0 Å². The van der Waals surface area contributed by atoms with E-state index in [4.69, 9.17) is 0 Å². The van der Waals surface area contributed by atoms with E-state index in [1.807, 2.05) is 0 Å². The zero-order valence-electron chi connectivity index (χ0n) is 11.0. The van der Waals surface area contributed by atoms with Crippen LogP contribution in [0.15, 0.2) is 24.3 Å². The van der Waals surface area contributed by atoms with Crippen molar-refractivity contribution in [1.82, 2.24) is 10.6 Å². The highest BCUT2D eigenvalue weighted by atomic mass is 35.5. The van der Waals surface area contributed by atoms with Crippen molar-refractivity contribution < 1.29 is 4.79 Å². The zero-order valence-corrected chi connectivity index (χ0v) is 11.8. The minimum atomic E-state index is 0. The average molecular weight is 281 g/mol. The molecule has 2 N–H and O–H groups in total. The summed E-state index contributed by atoms with van der Waals surface area (Å²) in [5.41, 5.74) is 2.71. The lowest BCUT2D eigenvalue weighted by Crippen LogP contribution is -2.42. The lowest BCUT2D eigenvalue weighted by atomic mass is 9.87. The highest BCUT2D eigenvalue weighted by molar-refractivity contribution is 5.85. The Balaban J connectivity index is 0.00000133. The van der Waals surface area contributed by atoms with Crippen LogP contribution < -0.4 is 10.6 Å². The topological polar surface area (TPSA) is 41.1 Å². The summed E-state index contributed by atoms with van der Waals surface area (Å²) < 4.78 is 0. The van der Waals surface area contributed by atoms with E-state index in [2.05, 4.69) is 34.9 Å². The van der Waals surface area contributed by atoms with Gasteiger partial charge in [0.1, 0.15) is 0 Å². The number of nitrogens with one attached hydrogen (secondary N) is 2. The smallest absolute Gasteiger partial charge is 0.237 e. The van der Waals surface area contributed by atoms with E-state index in [1.54, 1.807) is 0 Å². The van der Waals surface area contributed by atoms with Crippen LogP contribution in [0.25, 0.3) is 0 Å². The first kappa shape index (κ1) is 14.4. The molecule has 4 heteroatoms. The fourth-order valence-electron chi connectivity index (χ4n) is 3.08. The number of halogens is 1. The molecule has 19 heavy (non-hydrogen) atoms. The summed E-state index contributed by atoms with van der Waals surface area (Å²) in [7, 11) is 0. The van der Waals surface area contributed by atoms with Gasteiger partial charge in [0, 0.05) is 0 Å². The van der Waals surface area contributed by atoms with Crippen LogP contribution in [0, 0.1) is 0 Å². The van der Waals surface area contributed by atoms with E-state index in [0.717, 1.165) is 32.2 Å². The Morgan fingerprint density at radius 3 is 2.84 bits per heavy atom. The van der Waals surface area contributed by atoms with Crippen molar-refractivity contribution in [3.05, 3.63) is 35.4 Å². The fourth-order valence-corrected chi connectivity index (χ4v) is 3.08. The molecule has 1 fully saturated rings. The Morgan fingerprint density at radius 2 is 2.05 bits per heavy atom. The summed E-state index contributed by atoms with van der Waals surface area (Å²) in [4.78, 5) is 12.1. The highest BCUT2D eigenvalue weighted by Gasteiger charge is 2.26. The Labute approximate surface area is 120 Å². The first-order valence-corrected chi connectivity index (χ1v) is 6.96. The molecular weight excluding hydrogens is 260 g/mol. The summed E-state index contributed by atoms with van der Waals surface area (Å²) >= 11 is 0. The summed E-state index contributed by atoms with van der Waals surface area (Å²) in [5, 5.41) is 6.47. The Kier molecular flexibility index (Phi) is 4.83. The molecule has 1 amide bonds. The lowest BCUT2D eigenvalue weighted by Gasteiger charge is -2.27. The van der Waals surface area contributed by atoms with Gasteiger partial charge in [-0.25, -0.2) is 0 Å². The van der Waals surface area contributed by atoms with Crippen molar-refractivity contribution >= 4 is 18.3 Å². The number of hydrogen-bond donors (Lipinski definition) is 2. The number of rotatable bonds is 2. The second kappa shape index (κ2) is 6.40. The van der Waals surface area contributed by atoms with Crippen LogP contribution in [0.4, 0.5) is 0 Å². The predicted octanol–water partition coefficient (Wildman–Crippen LogP) is 2.35. The summed E-state index contributed by atoms with van der Waals surface area (Å²) in [6, 6.07) is 8.73. The zero-order chi connectivity index (χ0) is 12.4. The lowest BCUT2D eigenvalue weighted by molar-refractivity contribution is -0.123. The molecule has 2 aliphatic rings. The first-order valence-electron chi connectivity index (χ1n) is 6.96. The Morgan fingerprint density at radius 1 is 1.21 bits per heavy atom. The molecular formula is C15H21ClN2O. The van der Waals surface area contributed by atoms with E-state index >= 15 is 0 Å². The van der Waals surface area contributed by atoms with Crippen molar-refractivity contribution in [2.45, 2.75) is 44.2 Å². The quantitative estimate of drug-likeness (QED) is 0.873. The van der Waals surface area contributed by atoms with E-state index in [-0.39, 0.29) is 30.4 Å². The summed E-state index contributed by atoms with van der Waals surface area (Å²) in [6.07, 6.45) is 5.46. The van der Waals surface area contributed by atoms with Crippen molar-refractivity contribution in [1.29, 1.82) is 0 Å². The second-order valence-corrected chi connectivity index (χ2v) is 5.30. The van der Waals surface area contributed by atoms with E-state index in [9.17, 15) is 4.79 Å². The van der Waals surface area contributed by atoms with E-state index < -0.39 is 0 Å². The van der Waals surface area contributed by atoms with Gasteiger partial charge in [-0.15, -0.1) is 12.4 Å². The van der Waals surface area contributed by atoms with Gasteiger partial charge in [-0.2, -0.15) is 0 Å². The van der Waals surface area contributed by atoms with Gasteiger partial charge < -0.3 is 10.6 Å². The minimum Gasteiger partial charge on any atom is -0.348 e. The molecule has 1 aromatic rings. The highest BCUT2D eigenvalue weighted by Crippen LogP contribution is 2.29. The number of benzene rings is 1. The molecule has 0 aromatic heterocycles. The normalized spacial score (nSPS) is 25.3. The molecule has 2 unspecified atom stereocenters. The van der Waals surface area contributed by atoms with Crippen LogP contribution in [0.1, 0.15) is 42.9 Å². The van der Waals surface area contributed by atoms with Gasteiger partial charge in [-0.1, -0.05) is 24.3 Å². The monoisotopic (exact) mass is 280 g/mol. The maximum atomic E-state index is 12.1. The molecule has 1 aromatic carbocycles. The fraction of sp³-hybridized carbons (Fsp3) is 0.533. The van der Waals surface area contributed by atoms with Crippen molar-refractivity contribution in [2.24, 2.45) is 0 Å². The predicted molar refractivity (Wildman–Crippen MR) is 78.5 cm³/mol. The SMILES string of the molecule is Cl.O=C(NC1CCCc2ccccc21)C1CCCN1. The number of carbonyl (C=O) groups is 1. The van der Waals surface area contributed by atoms with Crippen molar-refractivity contribution in [3.63, 3.8) is 0 Å². The molecule has 0 bridgehead atoms. The molecule has 1 saturated heterocycles. The van der Waals surface area contributed by atoms with Crippen molar-refractivity contribution in [3.8, 4) is 0 Å². The molecule has 1 aliphatic heterocycles. The van der Waals surface area contributed by atoms with Crippen LogP contribution >= 0.6 is 12.4 Å². The molecule has 0 saturated carbocycles. The molecule has 3 rings (SSSR count). The third-order valence-electron chi connectivity index (χ3n) is 4.06. The molecule has 0 spiro atoms. The molecule has 104 valence electrons. The molecule has 0 radical (unpaired) electrons. The van der Waals surface area contributed by atoms with Crippen LogP contribution in [-0.4, -0.2) is 18.5 Å².